The molecule has 3 fully saturated rings. The van der Waals surface area contributed by atoms with Gasteiger partial charge in [0.05, 0.1) is 17.0 Å². The molecule has 2 heterocycles. The molecule has 0 aliphatic heterocycles. The number of H-pyrrole nitrogens is 1. The Balaban J connectivity index is 0.000000210. The molecule has 3 aliphatic carbocycles. The Morgan fingerprint density at radius 3 is 2.36 bits per heavy atom. The minimum atomic E-state index is -0.667. The Bertz CT molecular complexity index is 1680. The Morgan fingerprint density at radius 1 is 0.923 bits per heavy atom. The molecule has 3 aliphatic rings. The molecule has 8 heteroatoms. The average molecular weight is 527 g/mol. The third-order valence-electron chi connectivity index (χ3n) is 8.15. The first-order valence-electron chi connectivity index (χ1n) is 13.2. The number of para-hydroxylation sites is 1. The maximum atomic E-state index is 14.1. The summed E-state index contributed by atoms with van der Waals surface area (Å²) < 4.78 is 27.8. The zero-order chi connectivity index (χ0) is 27.1. The number of aliphatic carboxylic acids is 1. The summed E-state index contributed by atoms with van der Waals surface area (Å²) in [6, 6.07) is 17.6. The van der Waals surface area contributed by atoms with Gasteiger partial charge in [0.1, 0.15) is 17.5 Å². The second-order valence-electron chi connectivity index (χ2n) is 10.5. The molecule has 8 rings (SSSR count). The van der Waals surface area contributed by atoms with Crippen molar-refractivity contribution in [1.29, 1.82) is 0 Å². The Morgan fingerprint density at radius 2 is 1.69 bits per heavy atom. The van der Waals surface area contributed by atoms with E-state index in [1.54, 1.807) is 6.20 Å². The summed E-state index contributed by atoms with van der Waals surface area (Å²) >= 11 is 0. The zero-order valence-corrected chi connectivity index (χ0v) is 21.2. The monoisotopic (exact) mass is 526 g/mol. The van der Waals surface area contributed by atoms with Crippen molar-refractivity contribution in [2.45, 2.75) is 32.1 Å². The summed E-state index contributed by atoms with van der Waals surface area (Å²) in [6.45, 7) is 0. The van der Waals surface area contributed by atoms with Crippen molar-refractivity contribution in [2.24, 2.45) is 17.8 Å². The van der Waals surface area contributed by atoms with Crippen LogP contribution in [0.15, 0.2) is 66.9 Å². The third kappa shape index (κ3) is 4.71. The van der Waals surface area contributed by atoms with Crippen LogP contribution >= 0.6 is 0 Å². The van der Waals surface area contributed by atoms with Crippen LogP contribution in [0.5, 0.6) is 0 Å². The molecule has 2 aromatic heterocycles. The number of nitrogens with one attached hydrogen (secondary N) is 1. The van der Waals surface area contributed by atoms with Crippen LogP contribution in [-0.2, 0) is 4.79 Å². The molecule has 2 bridgehead atoms. The highest BCUT2D eigenvalue weighted by Crippen LogP contribution is 2.44. The quantitative estimate of drug-likeness (QED) is 0.231. The summed E-state index contributed by atoms with van der Waals surface area (Å²) in [5.74, 6) is -0.0151. The number of anilines is 1. The minimum absolute atomic E-state index is 0.00231. The number of carboxylic acid groups (broad SMARTS) is 1. The lowest BCUT2D eigenvalue weighted by molar-refractivity contribution is -0.147. The highest BCUT2D eigenvalue weighted by Gasteiger charge is 2.39. The first-order chi connectivity index (χ1) is 18.9. The minimum Gasteiger partial charge on any atom is -0.481 e. The molecule has 3 aromatic carbocycles. The normalized spacial score (nSPS) is 20.1. The molecule has 198 valence electrons. The van der Waals surface area contributed by atoms with E-state index in [9.17, 15) is 13.6 Å². The van der Waals surface area contributed by atoms with Gasteiger partial charge in [-0.1, -0.05) is 55.3 Å². The number of aromatic amines is 1. The van der Waals surface area contributed by atoms with Gasteiger partial charge in [0.2, 0.25) is 0 Å². The second-order valence-corrected chi connectivity index (χ2v) is 10.5. The van der Waals surface area contributed by atoms with Gasteiger partial charge in [-0.25, -0.2) is 18.7 Å². The number of nitrogen functional groups attached to an aromatic ring is 1. The third-order valence-corrected chi connectivity index (χ3v) is 8.15. The van der Waals surface area contributed by atoms with Crippen molar-refractivity contribution in [1.82, 2.24) is 15.0 Å². The van der Waals surface area contributed by atoms with E-state index >= 15 is 0 Å². The topological polar surface area (TPSA) is 105 Å². The molecule has 5 aromatic rings. The van der Waals surface area contributed by atoms with Crippen LogP contribution in [0.2, 0.25) is 0 Å². The van der Waals surface area contributed by atoms with Crippen LogP contribution in [-0.4, -0.2) is 26.0 Å². The van der Waals surface area contributed by atoms with Gasteiger partial charge in [-0.05, 0) is 48.8 Å². The maximum absolute atomic E-state index is 14.1. The Kier molecular flexibility index (Phi) is 6.46. The number of aromatic nitrogens is 3. The number of hydrogen-bond donors (Lipinski definition) is 3. The number of rotatable bonds is 3. The van der Waals surface area contributed by atoms with E-state index in [2.05, 4.69) is 9.97 Å². The van der Waals surface area contributed by atoms with Gasteiger partial charge in [-0.2, -0.15) is 0 Å². The molecular formula is C31H28F2N4O2. The van der Waals surface area contributed by atoms with Crippen LogP contribution in [0.3, 0.4) is 0 Å². The van der Waals surface area contributed by atoms with Gasteiger partial charge < -0.3 is 15.8 Å². The lowest BCUT2D eigenvalue weighted by Gasteiger charge is -2.40. The van der Waals surface area contributed by atoms with E-state index in [0.29, 0.717) is 34.0 Å². The van der Waals surface area contributed by atoms with E-state index in [4.69, 9.17) is 15.8 Å². The van der Waals surface area contributed by atoms with Gasteiger partial charge in [-0.3, -0.25) is 4.79 Å². The zero-order valence-electron chi connectivity index (χ0n) is 21.2. The summed E-state index contributed by atoms with van der Waals surface area (Å²) in [6.07, 6.45) is 7.44. The van der Waals surface area contributed by atoms with Crippen molar-refractivity contribution < 1.29 is 18.7 Å². The fourth-order valence-electron chi connectivity index (χ4n) is 6.17. The molecule has 4 N–H and O–H groups in total. The van der Waals surface area contributed by atoms with Gasteiger partial charge in [0.15, 0.2) is 5.82 Å². The predicted molar refractivity (Wildman–Crippen MR) is 148 cm³/mol. The van der Waals surface area contributed by atoms with Crippen molar-refractivity contribution in [3.05, 3.63) is 78.5 Å². The number of nitrogens with two attached hydrogens (primary N) is 1. The molecule has 0 amide bonds. The molecule has 1 unspecified atom stereocenters. The van der Waals surface area contributed by atoms with Crippen molar-refractivity contribution in [3.8, 4) is 22.5 Å². The van der Waals surface area contributed by atoms with Gasteiger partial charge in [0, 0.05) is 34.2 Å². The lowest BCUT2D eigenvalue weighted by Crippen LogP contribution is -2.35. The van der Waals surface area contributed by atoms with Crippen LogP contribution in [0.1, 0.15) is 32.1 Å². The molecule has 39 heavy (non-hydrogen) atoms. The van der Waals surface area contributed by atoms with E-state index < -0.39 is 17.6 Å². The first-order valence-corrected chi connectivity index (χ1v) is 13.2. The number of nitrogens with zero attached hydrogens (tertiary/aromatic N) is 2. The fourth-order valence-corrected chi connectivity index (χ4v) is 6.17. The largest absolute Gasteiger partial charge is 0.481 e. The average Bonchev–Trinajstić information content (AvgIpc) is 3.38. The lowest BCUT2D eigenvalue weighted by atomic mass is 9.65. The molecule has 1 atom stereocenters. The van der Waals surface area contributed by atoms with E-state index in [1.807, 2.05) is 48.5 Å². The van der Waals surface area contributed by atoms with Crippen molar-refractivity contribution in [2.75, 3.05) is 5.73 Å². The number of halogens is 2. The fraction of sp³-hybridized carbons (Fsp3) is 0.258. The van der Waals surface area contributed by atoms with Gasteiger partial charge >= 0.3 is 5.97 Å². The summed E-state index contributed by atoms with van der Waals surface area (Å²) in [7, 11) is 0. The smallest absolute Gasteiger partial charge is 0.306 e. The molecule has 0 spiro atoms. The molecule has 0 saturated heterocycles. The molecule has 0 radical (unpaired) electrons. The van der Waals surface area contributed by atoms with Crippen LogP contribution in [0, 0.1) is 29.4 Å². The van der Waals surface area contributed by atoms with Crippen LogP contribution < -0.4 is 5.73 Å². The van der Waals surface area contributed by atoms with E-state index in [-0.39, 0.29) is 11.4 Å². The van der Waals surface area contributed by atoms with Gasteiger partial charge in [-0.15, -0.1) is 0 Å². The van der Waals surface area contributed by atoms with Crippen molar-refractivity contribution in [3.63, 3.8) is 0 Å². The summed E-state index contributed by atoms with van der Waals surface area (Å²) in [4.78, 5) is 22.7. The molecule has 3 saturated carbocycles. The number of carboxylic acids is 1. The number of fused-ring (bicyclic) bond motifs is 5. The predicted octanol–water partition coefficient (Wildman–Crippen LogP) is 7.20. The first kappa shape index (κ1) is 25.0. The molecule has 6 nitrogen and oxygen atoms in total. The highest BCUT2D eigenvalue weighted by atomic mass is 19.1. The highest BCUT2D eigenvalue weighted by molar-refractivity contribution is 6.01. The van der Waals surface area contributed by atoms with Crippen LogP contribution in [0.25, 0.3) is 44.3 Å². The number of carbonyl (C=O) groups is 1. The van der Waals surface area contributed by atoms with E-state index in [0.717, 1.165) is 34.9 Å². The Labute approximate surface area is 223 Å². The standard InChI is InChI=1S/C22H14F2N4.C9H14O2/c23-13-9-16-17(11-26-20(16)18(24)10-13)22-27-19-14(12-5-2-1-3-6-12)7-4-8-15(19)21(25)28-22;10-9(11)8-5-6-1-3-7(8)4-2-6/h1-11,26H,(H2,25,27,28);6-8H,1-5H2,(H,10,11). The van der Waals surface area contributed by atoms with E-state index in [1.165, 1.54) is 31.7 Å². The molecular weight excluding hydrogens is 498 g/mol. The second kappa shape index (κ2) is 10.1. The number of benzene rings is 3. The Hall–Kier alpha value is -4.33. The van der Waals surface area contributed by atoms with Gasteiger partial charge in [0.25, 0.3) is 0 Å². The SMILES string of the molecule is Nc1nc(-c2c[nH]c3c(F)cc(F)cc23)nc2c(-c3ccccc3)cccc12.O=C(O)C1CC2CCC1CC2. The summed E-state index contributed by atoms with van der Waals surface area (Å²) in [5.41, 5.74) is 9.48. The van der Waals surface area contributed by atoms with Crippen LogP contribution in [0.4, 0.5) is 14.6 Å². The van der Waals surface area contributed by atoms with Crippen molar-refractivity contribution >= 4 is 33.6 Å². The summed E-state index contributed by atoms with van der Waals surface area (Å²) in [5, 5.41) is 9.95. The maximum Gasteiger partial charge on any atom is 0.306 e. The number of hydrogen-bond acceptors (Lipinski definition) is 4.